The predicted octanol–water partition coefficient (Wildman–Crippen LogP) is 3.78. The van der Waals surface area contributed by atoms with Crippen LogP contribution >= 0.6 is 15.9 Å². The van der Waals surface area contributed by atoms with Gasteiger partial charge in [0.2, 0.25) is 0 Å². The summed E-state index contributed by atoms with van der Waals surface area (Å²) >= 11 is 3.22. The molecule has 1 aromatic carbocycles. The average molecular weight is 306 g/mol. The summed E-state index contributed by atoms with van der Waals surface area (Å²) in [5.74, 6) is 0. The van der Waals surface area contributed by atoms with Crippen molar-refractivity contribution in [3.05, 3.63) is 34.4 Å². The highest BCUT2D eigenvalue weighted by Crippen LogP contribution is 2.27. The molecule has 0 bridgehead atoms. The van der Waals surface area contributed by atoms with Gasteiger partial charge in [-0.2, -0.15) is 13.2 Å². The van der Waals surface area contributed by atoms with E-state index in [0.717, 1.165) is 9.04 Å². The van der Waals surface area contributed by atoms with E-state index in [1.54, 1.807) is 18.2 Å². The summed E-state index contributed by atoms with van der Waals surface area (Å²) in [6.45, 7) is -1.10. The quantitative estimate of drug-likeness (QED) is 0.774. The zero-order valence-corrected chi connectivity index (χ0v) is 10.0. The first kappa shape index (κ1) is 12.2. The minimum Gasteiger partial charge on any atom is -0.338 e. The van der Waals surface area contributed by atoms with E-state index in [0.29, 0.717) is 17.2 Å². The zero-order valence-electron chi connectivity index (χ0n) is 8.46. The maximum absolute atomic E-state index is 12.3. The second-order valence-electron chi connectivity index (χ2n) is 3.61. The van der Waals surface area contributed by atoms with E-state index in [4.69, 9.17) is 0 Å². The molecule has 0 atom stereocenters. The van der Waals surface area contributed by atoms with Gasteiger partial charge in [0.15, 0.2) is 6.29 Å². The Labute approximate surface area is 103 Å². The van der Waals surface area contributed by atoms with Crippen LogP contribution in [0.15, 0.2) is 28.9 Å². The van der Waals surface area contributed by atoms with E-state index in [1.807, 2.05) is 0 Å². The molecule has 1 heterocycles. The van der Waals surface area contributed by atoms with Gasteiger partial charge >= 0.3 is 6.18 Å². The molecule has 0 fully saturated rings. The van der Waals surface area contributed by atoms with Crippen LogP contribution < -0.4 is 0 Å². The number of carbonyl (C=O) groups is 1. The molecule has 0 aliphatic heterocycles. The molecule has 2 aromatic rings. The zero-order chi connectivity index (χ0) is 12.6. The maximum atomic E-state index is 12.3. The molecule has 17 heavy (non-hydrogen) atoms. The molecule has 0 radical (unpaired) electrons. The second kappa shape index (κ2) is 4.18. The highest BCUT2D eigenvalue weighted by molar-refractivity contribution is 9.10. The first-order valence-corrected chi connectivity index (χ1v) is 5.50. The summed E-state index contributed by atoms with van der Waals surface area (Å²) in [7, 11) is 0. The Morgan fingerprint density at radius 3 is 2.65 bits per heavy atom. The molecule has 0 aliphatic carbocycles. The Balaban J connectivity index is 2.61. The summed E-state index contributed by atoms with van der Waals surface area (Å²) < 4.78 is 38.8. The largest absolute Gasteiger partial charge is 0.406 e. The SMILES string of the molecule is O=Cc1cn(CC(F)(F)F)c2ccc(Br)cc12. The van der Waals surface area contributed by atoms with E-state index in [1.165, 1.54) is 6.20 Å². The fourth-order valence-corrected chi connectivity index (χ4v) is 2.08. The third kappa shape index (κ3) is 2.52. The van der Waals surface area contributed by atoms with Crippen LogP contribution in [0.3, 0.4) is 0 Å². The molecule has 0 amide bonds. The summed E-state index contributed by atoms with van der Waals surface area (Å²) in [4.78, 5) is 10.8. The van der Waals surface area contributed by atoms with Crippen molar-refractivity contribution in [2.75, 3.05) is 0 Å². The Morgan fingerprint density at radius 2 is 2.06 bits per heavy atom. The molecular weight excluding hydrogens is 299 g/mol. The summed E-state index contributed by atoms with van der Waals surface area (Å²) in [5, 5.41) is 0.513. The Bertz CT molecular complexity index is 574. The molecule has 1 aromatic heterocycles. The number of nitrogens with zero attached hydrogens (tertiary/aromatic N) is 1. The van der Waals surface area contributed by atoms with Crippen LogP contribution in [0.4, 0.5) is 13.2 Å². The van der Waals surface area contributed by atoms with Gasteiger partial charge in [-0.15, -0.1) is 0 Å². The average Bonchev–Trinajstić information content (AvgIpc) is 2.53. The molecule has 0 saturated carbocycles. The van der Waals surface area contributed by atoms with E-state index in [9.17, 15) is 18.0 Å². The smallest absolute Gasteiger partial charge is 0.338 e. The number of aromatic nitrogens is 1. The topological polar surface area (TPSA) is 22.0 Å². The van der Waals surface area contributed by atoms with Crippen molar-refractivity contribution >= 4 is 33.1 Å². The van der Waals surface area contributed by atoms with Crippen LogP contribution in [0.5, 0.6) is 0 Å². The van der Waals surface area contributed by atoms with Crippen molar-refractivity contribution in [2.45, 2.75) is 12.7 Å². The lowest BCUT2D eigenvalue weighted by molar-refractivity contribution is -0.139. The molecule has 0 spiro atoms. The fraction of sp³-hybridized carbons (Fsp3) is 0.182. The van der Waals surface area contributed by atoms with Gasteiger partial charge in [0.25, 0.3) is 0 Å². The normalized spacial score (nSPS) is 12.0. The number of halogens is 4. The molecule has 0 unspecified atom stereocenters. The highest BCUT2D eigenvalue weighted by Gasteiger charge is 2.28. The summed E-state index contributed by atoms with van der Waals surface area (Å²) in [6, 6.07) is 4.83. The summed E-state index contributed by atoms with van der Waals surface area (Å²) in [6.07, 6.45) is -2.53. The van der Waals surface area contributed by atoms with Crippen LogP contribution in [0.2, 0.25) is 0 Å². The second-order valence-corrected chi connectivity index (χ2v) is 4.52. The fourth-order valence-electron chi connectivity index (χ4n) is 1.71. The van der Waals surface area contributed by atoms with Crippen molar-refractivity contribution in [1.29, 1.82) is 0 Å². The first-order chi connectivity index (χ1) is 7.90. The molecule has 0 N–H and O–H groups in total. The number of alkyl halides is 3. The minimum atomic E-state index is -4.31. The van der Waals surface area contributed by atoms with E-state index in [2.05, 4.69) is 15.9 Å². The lowest BCUT2D eigenvalue weighted by Crippen LogP contribution is -2.16. The van der Waals surface area contributed by atoms with Gasteiger partial charge in [0.1, 0.15) is 6.54 Å². The van der Waals surface area contributed by atoms with Crippen molar-refractivity contribution in [2.24, 2.45) is 0 Å². The number of aldehydes is 1. The Kier molecular flexibility index (Phi) is 2.99. The van der Waals surface area contributed by atoms with Crippen LogP contribution in [-0.4, -0.2) is 17.0 Å². The Hall–Kier alpha value is -1.30. The minimum absolute atomic E-state index is 0.255. The van der Waals surface area contributed by atoms with Crippen molar-refractivity contribution in [1.82, 2.24) is 4.57 Å². The lowest BCUT2D eigenvalue weighted by atomic mass is 10.2. The third-order valence-corrected chi connectivity index (χ3v) is 2.84. The van der Waals surface area contributed by atoms with Gasteiger partial charge < -0.3 is 4.57 Å². The van der Waals surface area contributed by atoms with Crippen LogP contribution in [0, 0.1) is 0 Å². The highest BCUT2D eigenvalue weighted by atomic mass is 79.9. The van der Waals surface area contributed by atoms with E-state index < -0.39 is 12.7 Å². The van der Waals surface area contributed by atoms with Gasteiger partial charge in [-0.1, -0.05) is 15.9 Å². The van der Waals surface area contributed by atoms with E-state index in [-0.39, 0.29) is 5.56 Å². The summed E-state index contributed by atoms with van der Waals surface area (Å²) in [5.41, 5.74) is 0.651. The number of hydrogen-bond acceptors (Lipinski definition) is 1. The third-order valence-electron chi connectivity index (χ3n) is 2.35. The van der Waals surface area contributed by atoms with Crippen LogP contribution in [-0.2, 0) is 6.54 Å². The molecule has 2 rings (SSSR count). The monoisotopic (exact) mass is 305 g/mol. The van der Waals surface area contributed by atoms with Gasteiger partial charge in [0.05, 0.1) is 0 Å². The van der Waals surface area contributed by atoms with E-state index >= 15 is 0 Å². The molecule has 0 aliphatic rings. The van der Waals surface area contributed by atoms with Crippen molar-refractivity contribution in [3.8, 4) is 0 Å². The Morgan fingerprint density at radius 1 is 1.35 bits per heavy atom. The molecule has 6 heteroatoms. The number of benzene rings is 1. The number of hydrogen-bond donors (Lipinski definition) is 0. The number of carbonyl (C=O) groups excluding carboxylic acids is 1. The molecule has 90 valence electrons. The molecule has 0 saturated heterocycles. The number of rotatable bonds is 2. The molecular formula is C11H7BrF3NO. The van der Waals surface area contributed by atoms with Gasteiger partial charge in [0, 0.05) is 27.1 Å². The standard InChI is InChI=1S/C11H7BrF3NO/c12-8-1-2-10-9(3-8)7(5-17)4-16(10)6-11(13,14)15/h1-5H,6H2. The van der Waals surface area contributed by atoms with Gasteiger partial charge in [-0.25, -0.2) is 0 Å². The first-order valence-electron chi connectivity index (χ1n) is 4.71. The maximum Gasteiger partial charge on any atom is 0.406 e. The lowest BCUT2D eigenvalue weighted by Gasteiger charge is -2.08. The van der Waals surface area contributed by atoms with Crippen molar-refractivity contribution in [3.63, 3.8) is 0 Å². The van der Waals surface area contributed by atoms with Gasteiger partial charge in [-0.3, -0.25) is 4.79 Å². The van der Waals surface area contributed by atoms with Crippen molar-refractivity contribution < 1.29 is 18.0 Å². The molecule has 2 nitrogen and oxygen atoms in total. The predicted molar refractivity (Wildman–Crippen MR) is 61.1 cm³/mol. The van der Waals surface area contributed by atoms with Crippen LogP contribution in [0.25, 0.3) is 10.9 Å². The van der Waals surface area contributed by atoms with Gasteiger partial charge in [-0.05, 0) is 18.2 Å². The van der Waals surface area contributed by atoms with Crippen LogP contribution in [0.1, 0.15) is 10.4 Å². The number of fused-ring (bicyclic) bond motifs is 1.